The summed E-state index contributed by atoms with van der Waals surface area (Å²) in [6, 6.07) is 11.4. The number of carbonyl (C=O) groups is 1. The van der Waals surface area contributed by atoms with Crippen LogP contribution in [0.25, 0.3) is 0 Å². The van der Waals surface area contributed by atoms with Gasteiger partial charge in [-0.2, -0.15) is 10.4 Å². The van der Waals surface area contributed by atoms with Gasteiger partial charge in [0, 0.05) is 11.8 Å². The normalized spacial score (nSPS) is 9.80. The first-order valence-electron chi connectivity index (χ1n) is 5.93. The number of hydrogen-bond acceptors (Lipinski definition) is 4. The van der Waals surface area contributed by atoms with Crippen LogP contribution in [0.2, 0.25) is 0 Å². The maximum absolute atomic E-state index is 11.8. The van der Waals surface area contributed by atoms with Crippen molar-refractivity contribution in [2.45, 2.75) is 13.5 Å². The van der Waals surface area contributed by atoms with Crippen LogP contribution in [-0.2, 0) is 11.3 Å². The SMILES string of the molecule is Cc1ccc(=O)n(CC(=O)Nc2ccc(C#N)cc2)n1. The summed E-state index contributed by atoms with van der Waals surface area (Å²) in [5.74, 6) is -0.352. The molecule has 6 nitrogen and oxygen atoms in total. The highest BCUT2D eigenvalue weighted by Crippen LogP contribution is 2.08. The summed E-state index contributed by atoms with van der Waals surface area (Å²) in [4.78, 5) is 23.4. The van der Waals surface area contributed by atoms with Crippen LogP contribution in [0.1, 0.15) is 11.3 Å². The van der Waals surface area contributed by atoms with E-state index in [0.717, 1.165) is 4.68 Å². The highest BCUT2D eigenvalue weighted by molar-refractivity contribution is 5.90. The van der Waals surface area contributed by atoms with Crippen molar-refractivity contribution in [2.24, 2.45) is 0 Å². The number of nitrogens with one attached hydrogen (secondary N) is 1. The number of rotatable bonds is 3. The van der Waals surface area contributed by atoms with Crippen molar-refractivity contribution in [2.75, 3.05) is 5.32 Å². The van der Waals surface area contributed by atoms with Crippen LogP contribution in [0.5, 0.6) is 0 Å². The van der Waals surface area contributed by atoms with E-state index in [2.05, 4.69) is 10.4 Å². The maximum Gasteiger partial charge on any atom is 0.267 e. The molecule has 20 heavy (non-hydrogen) atoms. The van der Waals surface area contributed by atoms with E-state index < -0.39 is 0 Å². The lowest BCUT2D eigenvalue weighted by atomic mass is 10.2. The fraction of sp³-hybridized carbons (Fsp3) is 0.143. The third-order valence-electron chi connectivity index (χ3n) is 2.59. The maximum atomic E-state index is 11.8. The van der Waals surface area contributed by atoms with E-state index >= 15 is 0 Å². The van der Waals surface area contributed by atoms with Crippen LogP contribution in [0, 0.1) is 18.3 Å². The fourth-order valence-corrected chi connectivity index (χ4v) is 1.63. The molecule has 1 amide bonds. The molecule has 100 valence electrons. The van der Waals surface area contributed by atoms with Gasteiger partial charge in [0.05, 0.1) is 17.3 Å². The van der Waals surface area contributed by atoms with E-state index in [4.69, 9.17) is 5.26 Å². The summed E-state index contributed by atoms with van der Waals surface area (Å²) in [5.41, 5.74) is 1.41. The molecule has 0 radical (unpaired) electrons. The molecule has 2 rings (SSSR count). The van der Waals surface area contributed by atoms with E-state index in [-0.39, 0.29) is 18.0 Å². The van der Waals surface area contributed by atoms with Crippen LogP contribution in [-0.4, -0.2) is 15.7 Å². The number of carbonyl (C=O) groups excluding carboxylic acids is 1. The number of aryl methyl sites for hydroxylation is 1. The number of nitrogens with zero attached hydrogens (tertiary/aromatic N) is 3. The lowest BCUT2D eigenvalue weighted by Crippen LogP contribution is -2.29. The topological polar surface area (TPSA) is 87.8 Å². The predicted octanol–water partition coefficient (Wildman–Crippen LogP) is 1.06. The zero-order chi connectivity index (χ0) is 14.5. The summed E-state index contributed by atoms with van der Waals surface area (Å²) in [7, 11) is 0. The average Bonchev–Trinajstić information content (AvgIpc) is 2.43. The molecule has 0 aliphatic carbocycles. The summed E-state index contributed by atoms with van der Waals surface area (Å²) < 4.78 is 1.11. The van der Waals surface area contributed by atoms with Crippen LogP contribution >= 0.6 is 0 Å². The summed E-state index contributed by atoms with van der Waals surface area (Å²) in [6.45, 7) is 1.59. The number of benzene rings is 1. The quantitative estimate of drug-likeness (QED) is 0.901. The first-order valence-corrected chi connectivity index (χ1v) is 5.93. The molecule has 0 fully saturated rings. The largest absolute Gasteiger partial charge is 0.324 e. The molecule has 0 aliphatic heterocycles. The van der Waals surface area contributed by atoms with E-state index in [1.54, 1.807) is 37.3 Å². The summed E-state index contributed by atoms with van der Waals surface area (Å²) in [6.07, 6.45) is 0. The first kappa shape index (κ1) is 13.5. The van der Waals surface area contributed by atoms with Crippen molar-refractivity contribution in [3.05, 3.63) is 58.0 Å². The number of nitriles is 1. The molecule has 1 N–H and O–H groups in total. The van der Waals surface area contributed by atoms with Gasteiger partial charge in [-0.3, -0.25) is 9.59 Å². The Morgan fingerprint density at radius 3 is 2.65 bits per heavy atom. The van der Waals surface area contributed by atoms with Crippen LogP contribution in [0.3, 0.4) is 0 Å². The number of anilines is 1. The summed E-state index contributed by atoms with van der Waals surface area (Å²) >= 11 is 0. The highest BCUT2D eigenvalue weighted by atomic mass is 16.2. The number of amides is 1. The molecule has 0 aliphatic rings. The van der Waals surface area contributed by atoms with Crippen molar-refractivity contribution < 1.29 is 4.79 Å². The molecule has 0 spiro atoms. The van der Waals surface area contributed by atoms with E-state index in [1.165, 1.54) is 6.07 Å². The number of hydrogen-bond donors (Lipinski definition) is 1. The molecule has 1 heterocycles. The zero-order valence-electron chi connectivity index (χ0n) is 10.8. The van der Waals surface area contributed by atoms with Crippen LogP contribution < -0.4 is 10.9 Å². The van der Waals surface area contributed by atoms with Gasteiger partial charge in [-0.25, -0.2) is 4.68 Å². The molecule has 0 atom stereocenters. The Hall–Kier alpha value is -2.94. The second-order valence-corrected chi connectivity index (χ2v) is 4.21. The molecule has 0 saturated heterocycles. The molecular weight excluding hydrogens is 256 g/mol. The van der Waals surface area contributed by atoms with Crippen molar-refractivity contribution in [3.8, 4) is 6.07 Å². The molecule has 1 aromatic carbocycles. The first-order chi connectivity index (χ1) is 9.58. The van der Waals surface area contributed by atoms with Gasteiger partial charge in [-0.05, 0) is 37.3 Å². The lowest BCUT2D eigenvalue weighted by Gasteiger charge is -2.07. The van der Waals surface area contributed by atoms with E-state index in [9.17, 15) is 9.59 Å². The Morgan fingerprint density at radius 2 is 2.00 bits per heavy atom. The van der Waals surface area contributed by atoms with Gasteiger partial charge in [-0.15, -0.1) is 0 Å². The average molecular weight is 268 g/mol. The monoisotopic (exact) mass is 268 g/mol. The molecule has 0 bridgehead atoms. The van der Waals surface area contributed by atoms with Gasteiger partial charge >= 0.3 is 0 Å². The Bertz CT molecular complexity index is 726. The molecule has 2 aromatic rings. The van der Waals surface area contributed by atoms with Gasteiger partial charge in [0.2, 0.25) is 5.91 Å². The number of aromatic nitrogens is 2. The van der Waals surface area contributed by atoms with Crippen LogP contribution in [0.15, 0.2) is 41.2 Å². The highest BCUT2D eigenvalue weighted by Gasteiger charge is 2.06. The zero-order valence-corrected chi connectivity index (χ0v) is 10.8. The van der Waals surface area contributed by atoms with Crippen molar-refractivity contribution in [3.63, 3.8) is 0 Å². The third kappa shape index (κ3) is 3.29. The van der Waals surface area contributed by atoms with Crippen LogP contribution in [0.4, 0.5) is 5.69 Å². The van der Waals surface area contributed by atoms with Crippen molar-refractivity contribution >= 4 is 11.6 Å². The third-order valence-corrected chi connectivity index (χ3v) is 2.59. The van der Waals surface area contributed by atoms with Gasteiger partial charge < -0.3 is 5.32 Å². The molecule has 1 aromatic heterocycles. The Morgan fingerprint density at radius 1 is 1.30 bits per heavy atom. The Labute approximate surface area is 115 Å². The molecular formula is C14H12N4O2. The predicted molar refractivity (Wildman–Crippen MR) is 73.0 cm³/mol. The fourth-order valence-electron chi connectivity index (χ4n) is 1.63. The minimum atomic E-state index is -0.352. The minimum absolute atomic E-state index is 0.152. The summed E-state index contributed by atoms with van der Waals surface area (Å²) in [5, 5.41) is 15.3. The molecule has 0 saturated carbocycles. The van der Waals surface area contributed by atoms with E-state index in [1.807, 2.05) is 6.07 Å². The van der Waals surface area contributed by atoms with Gasteiger partial charge in [-0.1, -0.05) is 0 Å². The second-order valence-electron chi connectivity index (χ2n) is 4.21. The van der Waals surface area contributed by atoms with Crippen molar-refractivity contribution in [1.29, 1.82) is 5.26 Å². The van der Waals surface area contributed by atoms with Crippen molar-refractivity contribution in [1.82, 2.24) is 9.78 Å². The smallest absolute Gasteiger partial charge is 0.267 e. The van der Waals surface area contributed by atoms with Gasteiger partial charge in [0.1, 0.15) is 6.54 Å². The van der Waals surface area contributed by atoms with Gasteiger partial charge in [0.15, 0.2) is 0 Å². The lowest BCUT2D eigenvalue weighted by molar-refractivity contribution is -0.117. The Balaban J connectivity index is 2.07. The standard InChI is InChI=1S/C14H12N4O2/c1-10-2-7-14(20)18(17-10)9-13(19)16-12-5-3-11(8-15)4-6-12/h2-7H,9H2,1H3,(H,16,19). The molecule has 0 unspecified atom stereocenters. The molecule has 6 heteroatoms. The second kappa shape index (κ2) is 5.80. The Kier molecular flexibility index (Phi) is 3.91. The minimum Gasteiger partial charge on any atom is -0.324 e. The van der Waals surface area contributed by atoms with Gasteiger partial charge in [0.25, 0.3) is 5.56 Å². The van der Waals surface area contributed by atoms with E-state index in [0.29, 0.717) is 16.9 Å².